The standard InChI is InChI=1S/C35H23/c1-4-16-28-24(10-1)13-7-19-31(28)27-22-34(32-20-8-14-25-11-2-5-17-29(25)32)35(23-27)33-21-9-15-26-12-3-6-18-30(26)33/h1-23H. The number of rotatable bonds is 3. The molecule has 0 bridgehead atoms. The molecule has 1 aliphatic carbocycles. The highest BCUT2D eigenvalue weighted by Crippen LogP contribution is 2.46. The van der Waals surface area contributed by atoms with E-state index in [-0.39, 0.29) is 0 Å². The van der Waals surface area contributed by atoms with Gasteiger partial charge < -0.3 is 0 Å². The molecule has 35 heavy (non-hydrogen) atoms. The van der Waals surface area contributed by atoms with E-state index in [2.05, 4.69) is 140 Å². The summed E-state index contributed by atoms with van der Waals surface area (Å²) in [6.07, 6.45) is 4.78. The first-order chi connectivity index (χ1) is 17.4. The largest absolute Gasteiger partial charge is 0.0616 e. The van der Waals surface area contributed by atoms with Crippen molar-refractivity contribution >= 4 is 43.5 Å². The van der Waals surface area contributed by atoms with Crippen LogP contribution in [0.1, 0.15) is 16.7 Å². The van der Waals surface area contributed by atoms with E-state index < -0.39 is 0 Å². The average Bonchev–Trinajstić information content (AvgIpc) is 3.37. The number of allylic oxidation sites excluding steroid dienone is 4. The Morgan fingerprint density at radius 2 is 0.629 bits per heavy atom. The van der Waals surface area contributed by atoms with Crippen molar-refractivity contribution in [3.05, 3.63) is 162 Å². The number of fused-ring (bicyclic) bond motifs is 3. The lowest BCUT2D eigenvalue weighted by molar-refractivity contribution is 1.43. The Morgan fingerprint density at radius 3 is 1.09 bits per heavy atom. The van der Waals surface area contributed by atoms with Gasteiger partial charge in [-0.05, 0) is 60.2 Å². The van der Waals surface area contributed by atoms with E-state index in [0.29, 0.717) is 0 Å². The summed E-state index contributed by atoms with van der Waals surface area (Å²) < 4.78 is 0. The summed E-state index contributed by atoms with van der Waals surface area (Å²) in [5.41, 5.74) is 6.38. The Hall–Kier alpha value is -4.42. The predicted octanol–water partition coefficient (Wildman–Crippen LogP) is 9.25. The van der Waals surface area contributed by atoms with Crippen molar-refractivity contribution in [2.24, 2.45) is 0 Å². The molecular weight excluding hydrogens is 420 g/mol. The highest BCUT2D eigenvalue weighted by molar-refractivity contribution is 6.18. The van der Waals surface area contributed by atoms with Crippen LogP contribution in [0.4, 0.5) is 0 Å². The van der Waals surface area contributed by atoms with Crippen molar-refractivity contribution in [2.75, 3.05) is 0 Å². The zero-order valence-electron chi connectivity index (χ0n) is 19.3. The van der Waals surface area contributed by atoms with Crippen LogP contribution in [-0.2, 0) is 0 Å². The Labute approximate surface area is 205 Å². The molecule has 0 saturated heterocycles. The molecule has 0 N–H and O–H groups in total. The molecule has 7 rings (SSSR count). The molecule has 0 amide bonds. The topological polar surface area (TPSA) is 0 Å². The lowest BCUT2D eigenvalue weighted by Crippen LogP contribution is -1.92. The summed E-state index contributed by atoms with van der Waals surface area (Å²) in [6.45, 7) is 0. The summed E-state index contributed by atoms with van der Waals surface area (Å²) in [7, 11) is 0. The lowest BCUT2D eigenvalue weighted by atomic mass is 9.89. The van der Waals surface area contributed by atoms with Crippen molar-refractivity contribution in [3.8, 4) is 0 Å². The molecule has 1 radical (unpaired) electrons. The minimum Gasteiger partial charge on any atom is -0.0616 e. The third-order valence-electron chi connectivity index (χ3n) is 7.15. The van der Waals surface area contributed by atoms with Gasteiger partial charge in [0.2, 0.25) is 0 Å². The molecule has 0 saturated carbocycles. The third kappa shape index (κ3) is 3.30. The minimum absolute atomic E-state index is 1.26. The molecule has 0 fully saturated rings. The normalized spacial score (nSPS) is 13.9. The Kier molecular flexibility index (Phi) is 4.63. The molecule has 0 nitrogen and oxygen atoms in total. The first kappa shape index (κ1) is 20.0. The molecule has 0 heteroatoms. The first-order valence-electron chi connectivity index (χ1n) is 12.1. The summed E-state index contributed by atoms with van der Waals surface area (Å²) in [5, 5.41) is 7.65. The molecule has 0 aromatic heterocycles. The van der Waals surface area contributed by atoms with Gasteiger partial charge in [-0.15, -0.1) is 0 Å². The van der Waals surface area contributed by atoms with E-state index in [1.807, 2.05) is 0 Å². The monoisotopic (exact) mass is 443 g/mol. The predicted molar refractivity (Wildman–Crippen MR) is 150 cm³/mol. The first-order valence-corrected chi connectivity index (χ1v) is 12.1. The van der Waals surface area contributed by atoms with Gasteiger partial charge in [-0.1, -0.05) is 140 Å². The lowest BCUT2D eigenvalue weighted by Gasteiger charge is -2.14. The van der Waals surface area contributed by atoms with Crippen LogP contribution >= 0.6 is 0 Å². The van der Waals surface area contributed by atoms with Gasteiger partial charge in [0.25, 0.3) is 0 Å². The molecular formula is C35H23. The van der Waals surface area contributed by atoms with Crippen molar-refractivity contribution in [1.29, 1.82) is 0 Å². The second-order valence-electron chi connectivity index (χ2n) is 9.15. The summed E-state index contributed by atoms with van der Waals surface area (Å²) in [6, 6.07) is 45.9. The number of benzene rings is 6. The van der Waals surface area contributed by atoms with Crippen LogP contribution in [0.15, 0.2) is 140 Å². The molecule has 0 spiro atoms. The number of hydrogen-bond donors (Lipinski definition) is 0. The maximum absolute atomic E-state index is 2.39. The molecule has 0 unspecified atom stereocenters. The van der Waals surface area contributed by atoms with Gasteiger partial charge in [0, 0.05) is 0 Å². The van der Waals surface area contributed by atoms with E-state index in [1.54, 1.807) is 0 Å². The molecule has 6 aromatic rings. The van der Waals surface area contributed by atoms with Crippen LogP contribution in [-0.4, -0.2) is 0 Å². The smallest absolute Gasteiger partial charge is 0.0504 e. The van der Waals surface area contributed by atoms with Crippen molar-refractivity contribution in [3.63, 3.8) is 0 Å². The van der Waals surface area contributed by atoms with E-state index >= 15 is 0 Å². The molecule has 0 heterocycles. The highest BCUT2D eigenvalue weighted by Gasteiger charge is 2.25. The third-order valence-corrected chi connectivity index (χ3v) is 7.15. The van der Waals surface area contributed by atoms with Crippen LogP contribution in [0.2, 0.25) is 0 Å². The van der Waals surface area contributed by atoms with Crippen molar-refractivity contribution in [2.45, 2.75) is 0 Å². The zero-order chi connectivity index (χ0) is 23.2. The van der Waals surface area contributed by atoms with E-state index in [9.17, 15) is 0 Å². The van der Waals surface area contributed by atoms with Crippen LogP contribution in [0.5, 0.6) is 0 Å². The van der Waals surface area contributed by atoms with E-state index in [4.69, 9.17) is 0 Å². The second kappa shape index (κ2) is 8.11. The van der Waals surface area contributed by atoms with Gasteiger partial charge >= 0.3 is 0 Å². The fraction of sp³-hybridized carbons (Fsp3) is 0. The van der Waals surface area contributed by atoms with Crippen LogP contribution in [0.25, 0.3) is 43.5 Å². The summed E-state index contributed by atoms with van der Waals surface area (Å²) in [5.74, 6) is 1.26. The Balaban J connectivity index is 1.51. The van der Waals surface area contributed by atoms with Crippen LogP contribution in [0.3, 0.4) is 0 Å². The molecule has 163 valence electrons. The summed E-state index contributed by atoms with van der Waals surface area (Å²) >= 11 is 0. The van der Waals surface area contributed by atoms with Gasteiger partial charge in [0.15, 0.2) is 0 Å². The Morgan fingerprint density at radius 1 is 0.286 bits per heavy atom. The maximum atomic E-state index is 2.39. The SMILES string of the molecule is C1=C(c2cccc3ccccc23)C(c2cccc3ccccc23)=C[C]1c1cccc2ccccc12. The highest BCUT2D eigenvalue weighted by atomic mass is 14.3. The maximum Gasteiger partial charge on any atom is 0.0504 e. The number of hydrogen-bond acceptors (Lipinski definition) is 0. The van der Waals surface area contributed by atoms with Crippen LogP contribution < -0.4 is 0 Å². The van der Waals surface area contributed by atoms with Crippen molar-refractivity contribution < 1.29 is 0 Å². The minimum atomic E-state index is 1.26. The molecule has 0 aliphatic heterocycles. The van der Waals surface area contributed by atoms with Gasteiger partial charge in [-0.25, -0.2) is 0 Å². The van der Waals surface area contributed by atoms with Gasteiger partial charge in [0.05, 0.1) is 5.92 Å². The van der Waals surface area contributed by atoms with E-state index in [0.717, 1.165) is 0 Å². The summed E-state index contributed by atoms with van der Waals surface area (Å²) in [4.78, 5) is 0. The molecule has 0 atom stereocenters. The van der Waals surface area contributed by atoms with Gasteiger partial charge in [-0.2, -0.15) is 0 Å². The van der Waals surface area contributed by atoms with Crippen molar-refractivity contribution in [1.82, 2.24) is 0 Å². The fourth-order valence-corrected chi connectivity index (χ4v) is 5.51. The molecule has 1 aliphatic rings. The average molecular weight is 444 g/mol. The van der Waals surface area contributed by atoms with E-state index in [1.165, 1.54) is 66.1 Å². The van der Waals surface area contributed by atoms with Gasteiger partial charge in [-0.3, -0.25) is 0 Å². The molecule has 6 aromatic carbocycles. The quantitative estimate of drug-likeness (QED) is 0.256. The second-order valence-corrected chi connectivity index (χ2v) is 9.15. The Bertz CT molecular complexity index is 1690. The van der Waals surface area contributed by atoms with Crippen LogP contribution in [0, 0.1) is 5.92 Å². The zero-order valence-corrected chi connectivity index (χ0v) is 19.3. The fourth-order valence-electron chi connectivity index (χ4n) is 5.51. The van der Waals surface area contributed by atoms with Gasteiger partial charge in [0.1, 0.15) is 0 Å².